The van der Waals surface area contributed by atoms with Crippen molar-refractivity contribution in [1.29, 1.82) is 0 Å². The third kappa shape index (κ3) is 5.72. The molecule has 0 N–H and O–H groups in total. The number of carbonyl (C=O) groups is 2. The minimum absolute atomic E-state index is 0.0601. The van der Waals surface area contributed by atoms with Gasteiger partial charge in [0.05, 0.1) is 11.7 Å². The Balaban J connectivity index is 4.36. The van der Waals surface area contributed by atoms with Gasteiger partial charge in [-0.15, -0.1) is 0 Å². The Morgan fingerprint density at radius 1 is 1.33 bits per heavy atom. The van der Waals surface area contributed by atoms with Gasteiger partial charge in [-0.25, -0.2) is 0 Å². The quantitative estimate of drug-likeness (QED) is 0.414. The maximum atomic E-state index is 11.5. The Kier molecular flexibility index (Phi) is 8.29. The maximum absolute atomic E-state index is 11.5. The van der Waals surface area contributed by atoms with Crippen molar-refractivity contribution in [3.63, 3.8) is 0 Å². The molecule has 0 saturated heterocycles. The molecular formula is C11H22BNO2. The average Bonchev–Trinajstić information content (AvgIpc) is 2.18. The maximum Gasteiger partial charge on any atom is 0.189 e. The molecule has 0 aliphatic rings. The Bertz CT molecular complexity index is 191. The number of rotatable bonds is 9. The summed E-state index contributed by atoms with van der Waals surface area (Å²) >= 11 is 0. The van der Waals surface area contributed by atoms with E-state index in [2.05, 4.69) is 18.7 Å². The summed E-state index contributed by atoms with van der Waals surface area (Å²) in [6, 6.07) is -0.0601. The molecular weight excluding hydrogens is 189 g/mol. The fraction of sp³-hybridized carbons (Fsp3) is 0.818. The lowest BCUT2D eigenvalue weighted by molar-refractivity contribution is -0.117. The van der Waals surface area contributed by atoms with E-state index in [1.807, 2.05) is 0 Å². The number of hydrogen-bond donors (Lipinski definition) is 0. The van der Waals surface area contributed by atoms with E-state index in [1.165, 1.54) is 0 Å². The first-order valence-corrected chi connectivity index (χ1v) is 5.85. The van der Waals surface area contributed by atoms with Crippen LogP contribution < -0.4 is 0 Å². The smallest absolute Gasteiger partial charge is 0.189 e. The molecule has 0 aliphatic carbocycles. The van der Waals surface area contributed by atoms with Crippen LogP contribution in [0.15, 0.2) is 0 Å². The van der Waals surface area contributed by atoms with Crippen molar-refractivity contribution in [2.75, 3.05) is 13.1 Å². The van der Waals surface area contributed by atoms with Crippen LogP contribution in [0.2, 0.25) is 0 Å². The summed E-state index contributed by atoms with van der Waals surface area (Å²) in [7, 11) is 1.62. The molecule has 86 valence electrons. The Morgan fingerprint density at radius 3 is 2.20 bits per heavy atom. The number of nitrogens with zero attached hydrogens (tertiary/aromatic N) is 1. The van der Waals surface area contributed by atoms with Gasteiger partial charge in [0.1, 0.15) is 6.29 Å². The lowest BCUT2D eigenvalue weighted by atomic mass is 9.90. The highest BCUT2D eigenvalue weighted by Crippen LogP contribution is 2.08. The van der Waals surface area contributed by atoms with Gasteiger partial charge >= 0.3 is 0 Å². The summed E-state index contributed by atoms with van der Waals surface area (Å²) < 4.78 is 0. The van der Waals surface area contributed by atoms with E-state index in [0.29, 0.717) is 12.8 Å². The van der Waals surface area contributed by atoms with Crippen LogP contribution in [0.4, 0.5) is 0 Å². The van der Waals surface area contributed by atoms with Crippen LogP contribution in [0.3, 0.4) is 0 Å². The van der Waals surface area contributed by atoms with Crippen molar-refractivity contribution in [3.05, 3.63) is 0 Å². The molecule has 3 nitrogen and oxygen atoms in total. The van der Waals surface area contributed by atoms with E-state index in [4.69, 9.17) is 0 Å². The molecule has 0 spiro atoms. The van der Waals surface area contributed by atoms with Gasteiger partial charge in [0.2, 0.25) is 0 Å². The van der Waals surface area contributed by atoms with E-state index in [9.17, 15) is 9.59 Å². The fourth-order valence-corrected chi connectivity index (χ4v) is 1.87. The monoisotopic (exact) mass is 211 g/mol. The average molecular weight is 211 g/mol. The third-order valence-corrected chi connectivity index (χ3v) is 2.49. The summed E-state index contributed by atoms with van der Waals surface area (Å²) in [4.78, 5) is 24.0. The standard InChI is InChI=1S/C11H22BNO2/c1-3-7-13(8-4-2)10(11(12)15)6-5-9-14/h9-10H,3-8,12H2,1-2H3. The topological polar surface area (TPSA) is 37.4 Å². The van der Waals surface area contributed by atoms with Gasteiger partial charge in [-0.05, 0) is 32.4 Å². The van der Waals surface area contributed by atoms with Gasteiger partial charge in [-0.1, -0.05) is 13.8 Å². The van der Waals surface area contributed by atoms with Gasteiger partial charge in [0.15, 0.2) is 7.85 Å². The van der Waals surface area contributed by atoms with Crippen molar-refractivity contribution >= 4 is 19.8 Å². The normalized spacial score (nSPS) is 12.7. The molecule has 0 radical (unpaired) electrons. The Labute approximate surface area is 93.6 Å². The summed E-state index contributed by atoms with van der Waals surface area (Å²) in [5.41, 5.74) is 0.179. The first-order chi connectivity index (χ1) is 7.17. The van der Waals surface area contributed by atoms with Crippen LogP contribution >= 0.6 is 0 Å². The molecule has 0 bridgehead atoms. The lowest BCUT2D eigenvalue weighted by Gasteiger charge is -2.29. The van der Waals surface area contributed by atoms with Crippen molar-refractivity contribution in [2.45, 2.75) is 45.6 Å². The van der Waals surface area contributed by atoms with E-state index in [-0.39, 0.29) is 11.7 Å². The first kappa shape index (κ1) is 14.4. The molecule has 1 atom stereocenters. The zero-order valence-electron chi connectivity index (χ0n) is 10.2. The second kappa shape index (κ2) is 8.66. The van der Waals surface area contributed by atoms with Crippen LogP contribution in [0, 0.1) is 0 Å². The molecule has 0 fully saturated rings. The molecule has 0 saturated carbocycles. The SMILES string of the molecule is BC(=O)C(CCC=O)N(CCC)CCC. The highest BCUT2D eigenvalue weighted by Gasteiger charge is 2.20. The van der Waals surface area contributed by atoms with Gasteiger partial charge in [0, 0.05) is 6.42 Å². The van der Waals surface area contributed by atoms with Crippen LogP contribution in [0.5, 0.6) is 0 Å². The minimum Gasteiger partial charge on any atom is -0.310 e. The number of hydrogen-bond acceptors (Lipinski definition) is 3. The van der Waals surface area contributed by atoms with Gasteiger partial charge in [-0.3, -0.25) is 4.90 Å². The number of carbonyl (C=O) groups excluding carboxylic acids is 2. The molecule has 0 aliphatic heterocycles. The minimum atomic E-state index is -0.0601. The molecule has 0 rings (SSSR count). The lowest BCUT2D eigenvalue weighted by Crippen LogP contribution is -2.42. The van der Waals surface area contributed by atoms with Crippen molar-refractivity contribution in [3.8, 4) is 0 Å². The molecule has 4 heteroatoms. The van der Waals surface area contributed by atoms with E-state index >= 15 is 0 Å². The van der Waals surface area contributed by atoms with Crippen LogP contribution in [-0.4, -0.2) is 43.8 Å². The molecule has 0 aromatic heterocycles. The molecule has 0 heterocycles. The molecule has 0 aromatic carbocycles. The summed E-state index contributed by atoms with van der Waals surface area (Å²) in [5, 5.41) is 0. The summed E-state index contributed by atoms with van der Waals surface area (Å²) in [6.45, 7) is 6.10. The van der Waals surface area contributed by atoms with Crippen molar-refractivity contribution in [2.24, 2.45) is 0 Å². The summed E-state index contributed by atoms with van der Waals surface area (Å²) in [5.74, 6) is 0. The molecule has 15 heavy (non-hydrogen) atoms. The fourth-order valence-electron chi connectivity index (χ4n) is 1.87. The van der Waals surface area contributed by atoms with Crippen LogP contribution in [0.1, 0.15) is 39.5 Å². The van der Waals surface area contributed by atoms with Gasteiger partial charge in [-0.2, -0.15) is 0 Å². The molecule has 0 amide bonds. The van der Waals surface area contributed by atoms with Crippen LogP contribution in [-0.2, 0) is 9.59 Å². The van der Waals surface area contributed by atoms with Gasteiger partial charge in [0.25, 0.3) is 0 Å². The third-order valence-electron chi connectivity index (χ3n) is 2.49. The highest BCUT2D eigenvalue weighted by molar-refractivity contribution is 6.59. The van der Waals surface area contributed by atoms with Crippen molar-refractivity contribution in [1.82, 2.24) is 4.90 Å². The van der Waals surface area contributed by atoms with E-state index in [1.54, 1.807) is 7.85 Å². The second-order valence-corrected chi connectivity index (χ2v) is 3.91. The highest BCUT2D eigenvalue weighted by atomic mass is 16.1. The largest absolute Gasteiger partial charge is 0.310 e. The zero-order valence-corrected chi connectivity index (χ0v) is 10.2. The first-order valence-electron chi connectivity index (χ1n) is 5.85. The number of aldehydes is 1. The molecule has 1 unspecified atom stereocenters. The Morgan fingerprint density at radius 2 is 1.87 bits per heavy atom. The summed E-state index contributed by atoms with van der Waals surface area (Å²) in [6.07, 6.45) is 4.13. The van der Waals surface area contributed by atoms with Gasteiger partial charge < -0.3 is 9.59 Å². The zero-order chi connectivity index (χ0) is 11.7. The molecule has 0 aromatic rings. The van der Waals surface area contributed by atoms with E-state index in [0.717, 1.165) is 32.2 Å². The van der Waals surface area contributed by atoms with Crippen LogP contribution in [0.25, 0.3) is 0 Å². The Hall–Kier alpha value is -0.635. The predicted octanol–water partition coefficient (Wildman–Crippen LogP) is 0.616. The van der Waals surface area contributed by atoms with Crippen molar-refractivity contribution < 1.29 is 9.59 Å². The predicted molar refractivity (Wildman–Crippen MR) is 64.8 cm³/mol. The van der Waals surface area contributed by atoms with E-state index < -0.39 is 0 Å². The second-order valence-electron chi connectivity index (χ2n) is 3.91.